The lowest BCUT2D eigenvalue weighted by Crippen LogP contribution is -2.50. The molecule has 6 fully saturated rings. The van der Waals surface area contributed by atoms with Crippen molar-refractivity contribution in [1.29, 1.82) is 0 Å². The van der Waals surface area contributed by atoms with Gasteiger partial charge in [-0.3, -0.25) is 9.59 Å². The summed E-state index contributed by atoms with van der Waals surface area (Å²) in [5.74, 6) is 3.49. The van der Waals surface area contributed by atoms with Gasteiger partial charge >= 0.3 is 0 Å². The third-order valence-electron chi connectivity index (χ3n) is 10.8. The van der Waals surface area contributed by atoms with Crippen molar-refractivity contribution in [3.8, 4) is 0 Å². The van der Waals surface area contributed by atoms with Crippen LogP contribution in [0, 0.1) is 71.0 Å². The first kappa shape index (κ1) is 18.8. The summed E-state index contributed by atoms with van der Waals surface area (Å²) in [5.41, 5.74) is 0. The van der Waals surface area contributed by atoms with Gasteiger partial charge in [0, 0.05) is 23.7 Å². The summed E-state index contributed by atoms with van der Waals surface area (Å²) < 4.78 is 0. The summed E-state index contributed by atoms with van der Waals surface area (Å²) in [6, 6.07) is 0. The van der Waals surface area contributed by atoms with Gasteiger partial charge in [-0.25, -0.2) is 0 Å². The van der Waals surface area contributed by atoms with Gasteiger partial charge in [-0.05, 0) is 73.0 Å². The molecule has 0 aliphatic heterocycles. The van der Waals surface area contributed by atoms with Gasteiger partial charge in [-0.15, -0.1) is 6.58 Å². The molecule has 0 aromatic heterocycles. The van der Waals surface area contributed by atoms with Crippen LogP contribution in [0.25, 0.3) is 0 Å². The maximum atomic E-state index is 13.8. The Morgan fingerprint density at radius 2 is 1.41 bits per heavy atom. The van der Waals surface area contributed by atoms with Crippen LogP contribution in [0.5, 0.6) is 0 Å². The summed E-state index contributed by atoms with van der Waals surface area (Å²) in [6.45, 7) is 6.21. The number of aliphatic hydroxyl groups is 1. The number of hydrogen-bond acceptors (Lipinski definition) is 3. The first-order valence-electron chi connectivity index (χ1n) is 12.4. The van der Waals surface area contributed by atoms with Crippen LogP contribution in [0.15, 0.2) is 12.7 Å². The van der Waals surface area contributed by atoms with Gasteiger partial charge in [-0.2, -0.15) is 0 Å². The SMILES string of the molecule is C=CC1C(C)C(=O)C2C3C4CCCCC4C(=O)C3C3C4CCCCC4C(O)C3C12. The van der Waals surface area contributed by atoms with Crippen LogP contribution >= 0.6 is 0 Å². The highest BCUT2D eigenvalue weighted by Gasteiger charge is 2.71. The van der Waals surface area contributed by atoms with Gasteiger partial charge in [-0.1, -0.05) is 38.7 Å². The van der Waals surface area contributed by atoms with E-state index >= 15 is 0 Å². The summed E-state index contributed by atoms with van der Waals surface area (Å²) in [4.78, 5) is 27.4. The van der Waals surface area contributed by atoms with Crippen molar-refractivity contribution in [2.24, 2.45) is 71.0 Å². The van der Waals surface area contributed by atoms with E-state index in [1.807, 2.05) is 6.08 Å². The number of aliphatic hydroxyl groups excluding tert-OH is 1. The molecule has 0 aromatic rings. The van der Waals surface area contributed by atoms with E-state index in [4.69, 9.17) is 0 Å². The maximum Gasteiger partial charge on any atom is 0.139 e. The van der Waals surface area contributed by atoms with E-state index in [1.54, 1.807) is 0 Å². The monoisotopic (exact) mass is 396 g/mol. The van der Waals surface area contributed by atoms with Gasteiger partial charge < -0.3 is 5.11 Å². The minimum Gasteiger partial charge on any atom is -0.393 e. The average molecular weight is 397 g/mol. The summed E-state index contributed by atoms with van der Waals surface area (Å²) in [5, 5.41) is 11.6. The topological polar surface area (TPSA) is 54.4 Å². The standard InChI is InChI=1S/C26H36O3/c1-3-13-12(2)24(27)21-18(13)22-20(15-9-5-7-11-17(15)25(22)28)23-19(21)14-8-4-6-10-16(14)26(23)29/h3,12-23,25,28H,1,4-11H2,2H3. The molecule has 6 saturated carbocycles. The van der Waals surface area contributed by atoms with E-state index in [9.17, 15) is 14.7 Å². The number of Topliss-reactive ketones (excluding diaryl/α,β-unsaturated/α-hetero) is 2. The molecule has 6 aliphatic carbocycles. The Bertz CT molecular complexity index is 742. The highest BCUT2D eigenvalue weighted by molar-refractivity contribution is 5.92. The smallest absolute Gasteiger partial charge is 0.139 e. The number of rotatable bonds is 1. The highest BCUT2D eigenvalue weighted by atomic mass is 16.3. The van der Waals surface area contributed by atoms with Gasteiger partial charge in [0.1, 0.15) is 11.6 Å². The van der Waals surface area contributed by atoms with Crippen LogP contribution in [0.3, 0.4) is 0 Å². The second-order valence-corrected chi connectivity index (χ2v) is 11.4. The number of ketones is 2. The largest absolute Gasteiger partial charge is 0.393 e. The highest BCUT2D eigenvalue weighted by Crippen LogP contribution is 2.69. The minimum absolute atomic E-state index is 0.00512. The number of carbonyl (C=O) groups is 2. The molecule has 3 nitrogen and oxygen atoms in total. The summed E-state index contributed by atoms with van der Waals surface area (Å²) in [7, 11) is 0. The van der Waals surface area contributed by atoms with Gasteiger partial charge in [0.2, 0.25) is 0 Å². The van der Waals surface area contributed by atoms with E-state index in [-0.39, 0.29) is 53.4 Å². The molecule has 0 bridgehead atoms. The maximum absolute atomic E-state index is 13.8. The molecule has 13 atom stereocenters. The van der Waals surface area contributed by atoms with E-state index in [2.05, 4.69) is 13.5 Å². The quantitative estimate of drug-likeness (QED) is 0.673. The molecule has 1 N–H and O–H groups in total. The second-order valence-electron chi connectivity index (χ2n) is 11.4. The Morgan fingerprint density at radius 1 is 0.793 bits per heavy atom. The second kappa shape index (κ2) is 6.52. The van der Waals surface area contributed by atoms with Crippen molar-refractivity contribution in [3.63, 3.8) is 0 Å². The van der Waals surface area contributed by atoms with Crippen LogP contribution in [0.1, 0.15) is 58.3 Å². The lowest BCUT2D eigenvalue weighted by molar-refractivity contribution is -0.136. The van der Waals surface area contributed by atoms with Gasteiger partial charge in [0.25, 0.3) is 0 Å². The normalized spacial score (nSPS) is 58.2. The first-order valence-corrected chi connectivity index (χ1v) is 12.4. The molecule has 13 unspecified atom stereocenters. The van der Waals surface area contributed by atoms with Crippen LogP contribution in [0.2, 0.25) is 0 Å². The van der Waals surface area contributed by atoms with Gasteiger partial charge in [0.05, 0.1) is 6.10 Å². The Labute approximate surface area is 174 Å². The third kappa shape index (κ3) is 2.24. The zero-order valence-electron chi connectivity index (χ0n) is 17.7. The van der Waals surface area contributed by atoms with Crippen molar-refractivity contribution < 1.29 is 14.7 Å². The molecule has 0 aromatic carbocycles. The molecule has 0 radical (unpaired) electrons. The van der Waals surface area contributed by atoms with E-state index in [0.717, 1.165) is 19.3 Å². The molecule has 0 amide bonds. The van der Waals surface area contributed by atoms with Crippen LogP contribution in [-0.4, -0.2) is 22.8 Å². The number of carbonyl (C=O) groups excluding carboxylic acids is 2. The van der Waals surface area contributed by atoms with Crippen LogP contribution < -0.4 is 0 Å². The fourth-order valence-electron chi connectivity index (χ4n) is 10.1. The Morgan fingerprint density at radius 3 is 2.14 bits per heavy atom. The van der Waals surface area contributed by atoms with E-state index in [1.165, 1.54) is 32.1 Å². The molecule has 0 heterocycles. The Kier molecular flexibility index (Phi) is 4.22. The molecule has 3 heteroatoms. The molecule has 6 rings (SSSR count). The molecular weight excluding hydrogens is 360 g/mol. The molecular formula is C26H36O3. The summed E-state index contributed by atoms with van der Waals surface area (Å²) in [6.07, 6.45) is 11.0. The molecule has 0 saturated heterocycles. The van der Waals surface area contributed by atoms with Crippen molar-refractivity contribution >= 4 is 11.6 Å². The Balaban J connectivity index is 1.52. The number of allylic oxidation sites excluding steroid dienone is 1. The van der Waals surface area contributed by atoms with Crippen molar-refractivity contribution in [2.45, 2.75) is 64.4 Å². The molecule has 158 valence electrons. The molecule has 29 heavy (non-hydrogen) atoms. The Hall–Kier alpha value is -0.960. The fourth-order valence-corrected chi connectivity index (χ4v) is 10.1. The zero-order chi connectivity index (χ0) is 20.0. The van der Waals surface area contributed by atoms with Crippen LogP contribution in [-0.2, 0) is 9.59 Å². The van der Waals surface area contributed by atoms with Crippen molar-refractivity contribution in [3.05, 3.63) is 12.7 Å². The van der Waals surface area contributed by atoms with Crippen LogP contribution in [0.4, 0.5) is 0 Å². The minimum atomic E-state index is -0.324. The molecule has 0 spiro atoms. The average Bonchev–Trinajstić information content (AvgIpc) is 3.30. The summed E-state index contributed by atoms with van der Waals surface area (Å²) >= 11 is 0. The molecule has 6 aliphatic rings. The first-order chi connectivity index (χ1) is 14.1. The zero-order valence-corrected chi connectivity index (χ0v) is 17.7. The predicted octanol–water partition coefficient (Wildman–Crippen LogP) is 4.29. The fraction of sp³-hybridized carbons (Fsp3) is 0.846. The lowest BCUT2D eigenvalue weighted by Gasteiger charge is -2.48. The number of fused-ring (bicyclic) bond motifs is 10. The van der Waals surface area contributed by atoms with E-state index < -0.39 is 0 Å². The van der Waals surface area contributed by atoms with Gasteiger partial charge in [0.15, 0.2) is 0 Å². The van der Waals surface area contributed by atoms with Crippen molar-refractivity contribution in [2.75, 3.05) is 0 Å². The lowest BCUT2D eigenvalue weighted by atomic mass is 9.54. The number of hydrogen-bond donors (Lipinski definition) is 1. The third-order valence-corrected chi connectivity index (χ3v) is 10.8. The van der Waals surface area contributed by atoms with Crippen molar-refractivity contribution in [1.82, 2.24) is 0 Å². The van der Waals surface area contributed by atoms with E-state index in [0.29, 0.717) is 35.2 Å². The predicted molar refractivity (Wildman–Crippen MR) is 111 cm³/mol.